The number of halogens is 4. The van der Waals surface area contributed by atoms with Gasteiger partial charge in [-0.25, -0.2) is 4.39 Å². The number of benzene rings is 2. The highest BCUT2D eigenvalue weighted by Gasteiger charge is 2.31. The molecule has 3 rings (SSSR count). The second kappa shape index (κ2) is 6.68. The average Bonchev–Trinajstić information content (AvgIpc) is 3.28. The highest BCUT2D eigenvalue weighted by Crippen LogP contribution is 2.44. The van der Waals surface area contributed by atoms with E-state index in [9.17, 15) is 9.18 Å². The number of rotatable bonds is 5. The first-order valence-electron chi connectivity index (χ1n) is 7.05. The van der Waals surface area contributed by atoms with E-state index < -0.39 is 11.1 Å². The molecule has 1 aliphatic rings. The van der Waals surface area contributed by atoms with Crippen LogP contribution in [0.1, 0.15) is 40.2 Å². The minimum Gasteiger partial charge on any atom is -0.489 e. The summed E-state index contributed by atoms with van der Waals surface area (Å²) < 4.78 is 20.2. The van der Waals surface area contributed by atoms with Crippen molar-refractivity contribution in [3.05, 3.63) is 62.9 Å². The Bertz CT molecular complexity index is 752. The molecule has 23 heavy (non-hydrogen) atoms. The average molecular weight is 374 g/mol. The summed E-state index contributed by atoms with van der Waals surface area (Å²) in [6.07, 6.45) is 1.79. The van der Waals surface area contributed by atoms with Crippen LogP contribution in [0.5, 0.6) is 5.75 Å². The van der Waals surface area contributed by atoms with Gasteiger partial charge in [-0.3, -0.25) is 4.79 Å². The lowest BCUT2D eigenvalue weighted by atomic mass is 9.99. The number of carbonyl (C=O) groups excluding carboxylic acids is 1. The van der Waals surface area contributed by atoms with Gasteiger partial charge in [-0.2, -0.15) is 0 Å². The van der Waals surface area contributed by atoms with E-state index in [4.69, 9.17) is 39.5 Å². The molecule has 0 heterocycles. The maximum absolute atomic E-state index is 14.5. The Morgan fingerprint density at radius 2 is 1.83 bits per heavy atom. The summed E-state index contributed by atoms with van der Waals surface area (Å²) in [7, 11) is 0. The lowest BCUT2D eigenvalue weighted by Crippen LogP contribution is -2.06. The van der Waals surface area contributed by atoms with Crippen molar-refractivity contribution in [2.75, 3.05) is 0 Å². The molecule has 120 valence electrons. The Hall–Kier alpha value is -1.29. The molecule has 2 nitrogen and oxygen atoms in total. The summed E-state index contributed by atoms with van der Waals surface area (Å²) >= 11 is 17.3. The van der Waals surface area contributed by atoms with Crippen LogP contribution in [0.15, 0.2) is 30.3 Å². The number of hydrogen-bond donors (Lipinski definition) is 0. The van der Waals surface area contributed by atoms with Gasteiger partial charge in [-0.05, 0) is 65.8 Å². The quantitative estimate of drug-likeness (QED) is 0.604. The summed E-state index contributed by atoms with van der Waals surface area (Å²) in [5, 5.41) is 0.131. The SMILES string of the molecule is O=C(Cl)c1ccc(COc2cc(Cl)cc(Cl)c2)c(C2CC2)c1F. The molecule has 1 fully saturated rings. The Morgan fingerprint density at radius 1 is 1.17 bits per heavy atom. The third kappa shape index (κ3) is 3.79. The molecule has 0 atom stereocenters. The van der Waals surface area contributed by atoms with Crippen molar-refractivity contribution < 1.29 is 13.9 Å². The maximum atomic E-state index is 14.5. The van der Waals surface area contributed by atoms with Gasteiger partial charge >= 0.3 is 0 Å². The smallest absolute Gasteiger partial charge is 0.255 e. The Kier molecular flexibility index (Phi) is 4.81. The third-order valence-corrected chi connectivity index (χ3v) is 4.34. The van der Waals surface area contributed by atoms with Crippen molar-refractivity contribution in [1.82, 2.24) is 0 Å². The van der Waals surface area contributed by atoms with Crippen LogP contribution in [0, 0.1) is 5.82 Å². The predicted octanol–water partition coefficient (Wildman–Crippen LogP) is 5.97. The highest BCUT2D eigenvalue weighted by atomic mass is 35.5. The lowest BCUT2D eigenvalue weighted by Gasteiger charge is -2.13. The van der Waals surface area contributed by atoms with Crippen LogP contribution in [0.4, 0.5) is 4.39 Å². The van der Waals surface area contributed by atoms with Crippen LogP contribution in [0.2, 0.25) is 10.0 Å². The van der Waals surface area contributed by atoms with Gasteiger partial charge in [0.1, 0.15) is 18.2 Å². The fourth-order valence-corrected chi connectivity index (χ4v) is 3.15. The predicted molar refractivity (Wildman–Crippen MR) is 89.4 cm³/mol. The molecule has 0 amide bonds. The van der Waals surface area contributed by atoms with Crippen molar-refractivity contribution >= 4 is 40.0 Å². The molecule has 0 aromatic heterocycles. The zero-order chi connectivity index (χ0) is 16.6. The van der Waals surface area contributed by atoms with Gasteiger partial charge in [0.2, 0.25) is 0 Å². The minimum absolute atomic E-state index is 0.0943. The van der Waals surface area contributed by atoms with Gasteiger partial charge < -0.3 is 4.74 Å². The topological polar surface area (TPSA) is 26.3 Å². The molecule has 0 bridgehead atoms. The summed E-state index contributed by atoms with van der Waals surface area (Å²) in [5.74, 6) is 0.0763. The van der Waals surface area contributed by atoms with Crippen molar-refractivity contribution in [1.29, 1.82) is 0 Å². The van der Waals surface area contributed by atoms with Gasteiger partial charge in [-0.1, -0.05) is 29.3 Å². The highest BCUT2D eigenvalue weighted by molar-refractivity contribution is 6.67. The Balaban J connectivity index is 1.88. The van der Waals surface area contributed by atoms with Crippen LogP contribution in [-0.4, -0.2) is 5.24 Å². The van der Waals surface area contributed by atoms with Gasteiger partial charge in [0, 0.05) is 10.0 Å². The molecule has 0 N–H and O–H groups in total. The molecule has 0 unspecified atom stereocenters. The van der Waals surface area contributed by atoms with Gasteiger partial charge in [0.25, 0.3) is 5.24 Å². The minimum atomic E-state index is -0.793. The second-order valence-electron chi connectivity index (χ2n) is 5.44. The fourth-order valence-electron chi connectivity index (χ4n) is 2.50. The number of carbonyl (C=O) groups is 1. The molecule has 0 radical (unpaired) electrons. The first-order chi connectivity index (χ1) is 11.0. The van der Waals surface area contributed by atoms with E-state index >= 15 is 0 Å². The summed E-state index contributed by atoms with van der Waals surface area (Å²) in [5.41, 5.74) is 1.12. The van der Waals surface area contributed by atoms with Crippen LogP contribution >= 0.6 is 34.8 Å². The van der Waals surface area contributed by atoms with Crippen molar-refractivity contribution in [3.63, 3.8) is 0 Å². The van der Waals surface area contributed by atoms with Gasteiger partial charge in [-0.15, -0.1) is 0 Å². The molecule has 6 heteroatoms. The molecule has 1 aliphatic carbocycles. The van der Waals surface area contributed by atoms with Crippen LogP contribution in [0.25, 0.3) is 0 Å². The van der Waals surface area contributed by atoms with Crippen LogP contribution in [0.3, 0.4) is 0 Å². The lowest BCUT2D eigenvalue weighted by molar-refractivity contribution is 0.107. The van der Waals surface area contributed by atoms with Gasteiger partial charge in [0.15, 0.2) is 0 Å². The molecule has 2 aromatic rings. The monoisotopic (exact) mass is 372 g/mol. The number of hydrogen-bond acceptors (Lipinski definition) is 2. The molecule has 0 spiro atoms. The fraction of sp³-hybridized carbons (Fsp3) is 0.235. The van der Waals surface area contributed by atoms with E-state index in [2.05, 4.69) is 0 Å². The van der Waals surface area contributed by atoms with E-state index in [1.807, 2.05) is 0 Å². The third-order valence-electron chi connectivity index (χ3n) is 3.70. The first kappa shape index (κ1) is 16.6. The normalized spacial score (nSPS) is 13.9. The van der Waals surface area contributed by atoms with E-state index in [-0.39, 0.29) is 18.1 Å². The van der Waals surface area contributed by atoms with E-state index in [1.54, 1.807) is 24.3 Å². The first-order valence-corrected chi connectivity index (χ1v) is 8.19. The maximum Gasteiger partial charge on any atom is 0.255 e. The molecule has 0 saturated heterocycles. The summed E-state index contributed by atoms with van der Waals surface area (Å²) in [6, 6.07) is 7.94. The Morgan fingerprint density at radius 3 is 2.39 bits per heavy atom. The zero-order valence-electron chi connectivity index (χ0n) is 11.9. The van der Waals surface area contributed by atoms with Crippen LogP contribution in [-0.2, 0) is 6.61 Å². The molecular weight excluding hydrogens is 362 g/mol. The van der Waals surface area contributed by atoms with Crippen molar-refractivity contribution in [3.8, 4) is 5.75 Å². The van der Waals surface area contributed by atoms with Crippen molar-refractivity contribution in [2.45, 2.75) is 25.4 Å². The largest absolute Gasteiger partial charge is 0.489 e. The van der Waals surface area contributed by atoms with Crippen LogP contribution < -0.4 is 4.74 Å². The zero-order valence-corrected chi connectivity index (χ0v) is 14.2. The molecular formula is C17H12Cl3FO2. The molecule has 0 aliphatic heterocycles. The molecule has 2 aromatic carbocycles. The number of ether oxygens (including phenoxy) is 1. The molecule has 1 saturated carbocycles. The summed E-state index contributed by atoms with van der Waals surface area (Å²) in [4.78, 5) is 11.3. The van der Waals surface area contributed by atoms with Crippen molar-refractivity contribution in [2.24, 2.45) is 0 Å². The van der Waals surface area contributed by atoms with E-state index in [0.29, 0.717) is 26.9 Å². The van der Waals surface area contributed by atoms with Gasteiger partial charge in [0.05, 0.1) is 5.56 Å². The van der Waals surface area contributed by atoms with E-state index in [1.165, 1.54) is 6.07 Å². The van der Waals surface area contributed by atoms with E-state index in [0.717, 1.165) is 12.8 Å². The summed E-state index contributed by atoms with van der Waals surface area (Å²) in [6.45, 7) is 0.163. The Labute approximate surface area is 148 Å². The second-order valence-corrected chi connectivity index (χ2v) is 6.66. The standard InChI is InChI=1S/C17H12Cl3FO2/c18-11-5-12(19)7-13(6-11)23-8-10-3-4-14(17(20)22)16(21)15(10)9-1-2-9/h3-7,9H,1-2,8H2.